The number of carbonyl (C=O) groups excluding carboxylic acids is 1. The zero-order valence-electron chi connectivity index (χ0n) is 18.9. The lowest BCUT2D eigenvalue weighted by Gasteiger charge is -2.28. The molecule has 1 aliphatic heterocycles. The third-order valence-corrected chi connectivity index (χ3v) is 7.98. The highest BCUT2D eigenvalue weighted by atomic mass is 79.9. The number of nitrogens with one attached hydrogen (secondary N) is 1. The second kappa shape index (κ2) is 10.8. The Balaban J connectivity index is 1.47. The van der Waals surface area contributed by atoms with E-state index in [-0.39, 0.29) is 21.8 Å². The van der Waals surface area contributed by atoms with Crippen LogP contribution in [0.3, 0.4) is 0 Å². The molecule has 7 nitrogen and oxygen atoms in total. The van der Waals surface area contributed by atoms with E-state index >= 15 is 0 Å². The number of nitrogens with zero attached hydrogens (tertiary/aromatic N) is 1. The summed E-state index contributed by atoms with van der Waals surface area (Å²) >= 11 is 3.29. The summed E-state index contributed by atoms with van der Waals surface area (Å²) in [6, 6.07) is 16.9. The van der Waals surface area contributed by atoms with Crippen LogP contribution in [0, 0.1) is 0 Å². The number of rotatable bonds is 9. The van der Waals surface area contributed by atoms with Crippen LogP contribution in [0.4, 0.5) is 0 Å². The van der Waals surface area contributed by atoms with Gasteiger partial charge in [-0.25, -0.2) is 8.42 Å². The van der Waals surface area contributed by atoms with Crippen molar-refractivity contribution in [3.8, 4) is 5.75 Å². The van der Waals surface area contributed by atoms with Crippen molar-refractivity contribution in [1.29, 1.82) is 0 Å². The molecule has 0 aliphatic carbocycles. The normalized spacial score (nSPS) is 15.2. The van der Waals surface area contributed by atoms with Crippen molar-refractivity contribution in [2.75, 3.05) is 26.2 Å². The third-order valence-electron chi connectivity index (χ3n) is 5.81. The highest BCUT2D eigenvalue weighted by Crippen LogP contribution is 2.27. The number of hydrogen-bond acceptors (Lipinski definition) is 6. The van der Waals surface area contributed by atoms with E-state index < -0.39 is 15.7 Å². The van der Waals surface area contributed by atoms with Gasteiger partial charge < -0.3 is 14.5 Å². The fraction of sp³-hybridized carbons (Fsp3) is 0.320. The molecular weight excluding hydrogens is 520 g/mol. The topological polar surface area (TPSA) is 88.8 Å². The minimum atomic E-state index is -3.85. The van der Waals surface area contributed by atoms with Crippen molar-refractivity contribution in [2.24, 2.45) is 0 Å². The Kier molecular flexibility index (Phi) is 7.75. The molecule has 1 fully saturated rings. The number of benzene rings is 2. The van der Waals surface area contributed by atoms with Crippen LogP contribution in [0.25, 0.3) is 0 Å². The monoisotopic (exact) mass is 546 g/mol. The summed E-state index contributed by atoms with van der Waals surface area (Å²) in [4.78, 5) is 15.3. The highest BCUT2D eigenvalue weighted by Gasteiger charge is 2.26. The van der Waals surface area contributed by atoms with Gasteiger partial charge in [-0.05, 0) is 86.9 Å². The molecule has 1 aliphatic rings. The average molecular weight is 547 g/mol. The minimum absolute atomic E-state index is 0.00283. The molecule has 9 heteroatoms. The van der Waals surface area contributed by atoms with Crippen molar-refractivity contribution in [3.63, 3.8) is 0 Å². The van der Waals surface area contributed by atoms with Gasteiger partial charge in [0.25, 0.3) is 5.91 Å². The van der Waals surface area contributed by atoms with E-state index in [9.17, 15) is 13.2 Å². The van der Waals surface area contributed by atoms with Crippen molar-refractivity contribution >= 4 is 31.7 Å². The lowest BCUT2D eigenvalue weighted by atomic mass is 10.1. The van der Waals surface area contributed by atoms with Gasteiger partial charge >= 0.3 is 0 Å². The summed E-state index contributed by atoms with van der Waals surface area (Å²) in [6.45, 7) is 4.85. The van der Waals surface area contributed by atoms with E-state index in [4.69, 9.17) is 9.15 Å². The number of amides is 1. The Morgan fingerprint density at radius 1 is 1.06 bits per heavy atom. The Morgan fingerprint density at radius 3 is 2.38 bits per heavy atom. The van der Waals surface area contributed by atoms with Crippen molar-refractivity contribution in [2.45, 2.75) is 35.8 Å². The molecule has 180 valence electrons. The van der Waals surface area contributed by atoms with Crippen LogP contribution in [-0.4, -0.2) is 45.5 Å². The van der Waals surface area contributed by atoms with Crippen LogP contribution in [-0.2, 0) is 9.84 Å². The van der Waals surface area contributed by atoms with E-state index in [2.05, 4.69) is 26.1 Å². The summed E-state index contributed by atoms with van der Waals surface area (Å²) in [6.07, 6.45) is 2.24. The number of carbonyl (C=O) groups is 1. The van der Waals surface area contributed by atoms with Gasteiger partial charge in [0, 0.05) is 11.0 Å². The Labute approximate surface area is 208 Å². The molecule has 1 saturated heterocycles. The summed E-state index contributed by atoms with van der Waals surface area (Å²) in [5.74, 6) is 0.320. The van der Waals surface area contributed by atoms with Gasteiger partial charge in [0.05, 0.1) is 17.5 Å². The molecule has 2 heterocycles. The highest BCUT2D eigenvalue weighted by molar-refractivity contribution is 9.10. The molecule has 1 atom stereocenters. The minimum Gasteiger partial charge on any atom is -0.494 e. The molecule has 2 aromatic carbocycles. The van der Waals surface area contributed by atoms with E-state index in [1.165, 1.54) is 24.3 Å². The SMILES string of the molecule is CCOc1ccc(C(CNC(=O)c2ccc(S(=O)(=O)c3ccc(Br)cc3)o2)N2CCCC2)cc1. The summed E-state index contributed by atoms with van der Waals surface area (Å²) in [5, 5.41) is 2.66. The first kappa shape index (κ1) is 24.5. The van der Waals surface area contributed by atoms with E-state index in [1.54, 1.807) is 12.1 Å². The van der Waals surface area contributed by atoms with Gasteiger partial charge in [-0.3, -0.25) is 9.69 Å². The van der Waals surface area contributed by atoms with Crippen LogP contribution in [0.1, 0.15) is 41.9 Å². The second-order valence-corrected chi connectivity index (χ2v) is 10.8. The van der Waals surface area contributed by atoms with Crippen LogP contribution >= 0.6 is 15.9 Å². The summed E-state index contributed by atoms with van der Waals surface area (Å²) < 4.78 is 37.4. The van der Waals surface area contributed by atoms with Crippen LogP contribution in [0.2, 0.25) is 0 Å². The Hall–Kier alpha value is -2.62. The van der Waals surface area contributed by atoms with Gasteiger partial charge in [-0.1, -0.05) is 28.1 Å². The standard InChI is InChI=1S/C25H27BrN2O5S/c1-2-32-20-9-5-18(6-10-20)22(28-15-3-4-16-28)17-27-25(29)23-13-14-24(33-23)34(30,31)21-11-7-19(26)8-12-21/h5-14,22H,2-4,15-17H2,1H3,(H,27,29). The molecule has 4 rings (SSSR count). The van der Waals surface area contributed by atoms with Crippen LogP contribution in [0.5, 0.6) is 5.75 Å². The lowest BCUT2D eigenvalue weighted by molar-refractivity contribution is 0.0905. The first-order valence-corrected chi connectivity index (χ1v) is 13.5. The van der Waals surface area contributed by atoms with Crippen molar-refractivity contribution in [3.05, 3.63) is 76.5 Å². The first-order chi connectivity index (χ1) is 16.4. The van der Waals surface area contributed by atoms with Gasteiger partial charge in [0.1, 0.15) is 5.75 Å². The molecule has 0 bridgehead atoms. The fourth-order valence-corrected chi connectivity index (χ4v) is 5.49. The largest absolute Gasteiger partial charge is 0.494 e. The van der Waals surface area contributed by atoms with Gasteiger partial charge in [-0.2, -0.15) is 0 Å². The maximum absolute atomic E-state index is 12.8. The molecule has 1 unspecified atom stereocenters. The van der Waals surface area contributed by atoms with Crippen molar-refractivity contribution < 1.29 is 22.4 Å². The maximum atomic E-state index is 12.8. The van der Waals surface area contributed by atoms with Gasteiger partial charge in [0.15, 0.2) is 5.76 Å². The molecule has 0 radical (unpaired) electrons. The Bertz CT molecular complexity index is 1220. The maximum Gasteiger partial charge on any atom is 0.287 e. The number of furan rings is 1. The van der Waals surface area contributed by atoms with Crippen molar-refractivity contribution in [1.82, 2.24) is 10.2 Å². The van der Waals surface area contributed by atoms with Crippen LogP contribution < -0.4 is 10.1 Å². The van der Waals surface area contributed by atoms with E-state index in [0.29, 0.717) is 13.2 Å². The molecule has 1 aromatic heterocycles. The molecule has 3 aromatic rings. The molecular formula is C25H27BrN2O5S. The molecule has 1 N–H and O–H groups in total. The fourth-order valence-electron chi connectivity index (χ4n) is 4.06. The Morgan fingerprint density at radius 2 is 1.74 bits per heavy atom. The van der Waals surface area contributed by atoms with E-state index in [1.807, 2.05) is 31.2 Å². The quantitative estimate of drug-likeness (QED) is 0.413. The smallest absolute Gasteiger partial charge is 0.287 e. The average Bonchev–Trinajstić information content (AvgIpc) is 3.54. The number of ether oxygens (including phenoxy) is 1. The number of likely N-dealkylation sites (tertiary alicyclic amines) is 1. The predicted octanol–water partition coefficient (Wildman–Crippen LogP) is 4.84. The molecule has 1 amide bonds. The zero-order chi connectivity index (χ0) is 24.1. The van der Waals surface area contributed by atoms with Gasteiger partial charge in [0.2, 0.25) is 14.9 Å². The summed E-state index contributed by atoms with van der Waals surface area (Å²) in [5.41, 5.74) is 1.09. The van der Waals surface area contributed by atoms with Gasteiger partial charge in [-0.15, -0.1) is 0 Å². The predicted molar refractivity (Wildman–Crippen MR) is 132 cm³/mol. The number of halogens is 1. The first-order valence-electron chi connectivity index (χ1n) is 11.2. The lowest BCUT2D eigenvalue weighted by Crippen LogP contribution is -2.36. The van der Waals surface area contributed by atoms with Crippen LogP contribution in [0.15, 0.2) is 79.5 Å². The summed E-state index contributed by atoms with van der Waals surface area (Å²) in [7, 11) is -3.85. The number of sulfone groups is 1. The van der Waals surface area contributed by atoms with E-state index in [0.717, 1.165) is 41.7 Å². The molecule has 0 spiro atoms. The second-order valence-electron chi connectivity index (χ2n) is 8.05. The molecule has 0 saturated carbocycles. The number of hydrogen-bond donors (Lipinski definition) is 1. The third kappa shape index (κ3) is 5.54. The molecule has 34 heavy (non-hydrogen) atoms. The zero-order valence-corrected chi connectivity index (χ0v) is 21.3.